The molecule has 20 heavy (non-hydrogen) atoms. The molecule has 0 spiro atoms. The molecule has 0 aliphatic carbocycles. The lowest BCUT2D eigenvalue weighted by Crippen LogP contribution is -1.96. The van der Waals surface area contributed by atoms with Crippen molar-refractivity contribution in [2.75, 3.05) is 6.61 Å². The largest absolute Gasteiger partial charge is 0.488 e. The lowest BCUT2D eigenvalue weighted by Gasteiger charge is -2.06. The summed E-state index contributed by atoms with van der Waals surface area (Å²) >= 11 is 8.53. The monoisotopic (exact) mass is 352 g/mol. The molecule has 0 aliphatic rings. The van der Waals surface area contributed by atoms with Crippen LogP contribution in [0.2, 0.25) is 0 Å². The highest BCUT2D eigenvalue weighted by Crippen LogP contribution is 2.25. The molecular weight excluding hydrogens is 340 g/mol. The molecule has 0 unspecified atom stereocenters. The first-order valence-corrected chi connectivity index (χ1v) is 7.03. The quantitative estimate of drug-likeness (QED) is 0.509. The van der Waals surface area contributed by atoms with Crippen LogP contribution in [0.25, 0.3) is 0 Å². The van der Waals surface area contributed by atoms with Gasteiger partial charge in [-0.15, -0.1) is 0 Å². The molecule has 2 rings (SSSR count). The number of rotatable bonds is 5. The number of H-pyrrole nitrogens is 1. The molecule has 0 bridgehead atoms. The molecule has 0 saturated heterocycles. The molecule has 0 fully saturated rings. The fraction of sp³-hybridized carbons (Fsp3) is 0.154. The molecule has 1 aromatic heterocycles. The number of aromatic nitrogens is 3. The molecule has 5 nitrogen and oxygen atoms in total. The topological polar surface area (TPSA) is 55.2 Å². The van der Waals surface area contributed by atoms with Gasteiger partial charge in [0.2, 0.25) is 4.77 Å². The van der Waals surface area contributed by atoms with E-state index in [1.807, 2.05) is 25.1 Å². The molecule has 0 radical (unpaired) electrons. The standard InChI is InChI=1S/C13H13BrN4OS/c1-3-6-19-12-5-4-10(7-11(12)14)8-15-18-9(2)16-17-13(18)20/h3-5,7-8H,1,6H2,2H3,(H,17,20)/b15-8-. The second-order valence-electron chi connectivity index (χ2n) is 3.92. The number of nitrogens with one attached hydrogen (secondary N) is 1. The van der Waals surface area contributed by atoms with Crippen molar-refractivity contribution in [3.05, 3.63) is 51.5 Å². The maximum absolute atomic E-state index is 5.48. The number of hydrogen-bond acceptors (Lipinski definition) is 4. The smallest absolute Gasteiger partial charge is 0.216 e. The van der Waals surface area contributed by atoms with Crippen LogP contribution in [0.15, 0.2) is 40.4 Å². The van der Waals surface area contributed by atoms with Crippen molar-refractivity contribution in [2.24, 2.45) is 5.10 Å². The van der Waals surface area contributed by atoms with Crippen LogP contribution < -0.4 is 4.74 Å². The van der Waals surface area contributed by atoms with Crippen molar-refractivity contribution >= 4 is 34.4 Å². The number of aryl methyl sites for hydroxylation is 1. The van der Waals surface area contributed by atoms with E-state index in [1.165, 1.54) is 0 Å². The molecule has 1 N–H and O–H groups in total. The predicted molar refractivity (Wildman–Crippen MR) is 85.0 cm³/mol. The van der Waals surface area contributed by atoms with Crippen LogP contribution in [0.5, 0.6) is 5.75 Å². The zero-order chi connectivity index (χ0) is 14.5. The van der Waals surface area contributed by atoms with Crippen molar-refractivity contribution in [1.29, 1.82) is 0 Å². The Kier molecular flexibility index (Phi) is 4.86. The number of halogens is 1. The first-order valence-electron chi connectivity index (χ1n) is 5.83. The Bertz CT molecular complexity index is 705. The van der Waals surface area contributed by atoms with Crippen LogP contribution in [0, 0.1) is 11.7 Å². The average molecular weight is 353 g/mol. The maximum Gasteiger partial charge on any atom is 0.216 e. The van der Waals surface area contributed by atoms with Gasteiger partial charge in [-0.25, -0.2) is 0 Å². The van der Waals surface area contributed by atoms with Gasteiger partial charge in [-0.1, -0.05) is 12.7 Å². The summed E-state index contributed by atoms with van der Waals surface area (Å²) in [6, 6.07) is 5.70. The SMILES string of the molecule is C=CCOc1ccc(/C=N\n2c(C)n[nH]c2=S)cc1Br. The predicted octanol–water partition coefficient (Wildman–Crippen LogP) is 3.46. The second kappa shape index (κ2) is 6.62. The van der Waals surface area contributed by atoms with E-state index in [0.29, 0.717) is 17.2 Å². The number of hydrogen-bond donors (Lipinski definition) is 1. The molecule has 0 amide bonds. The van der Waals surface area contributed by atoms with Gasteiger partial charge in [-0.2, -0.15) is 14.9 Å². The van der Waals surface area contributed by atoms with Crippen LogP contribution in [0.4, 0.5) is 0 Å². The highest BCUT2D eigenvalue weighted by molar-refractivity contribution is 9.10. The minimum Gasteiger partial charge on any atom is -0.488 e. The Hall–Kier alpha value is -1.73. The summed E-state index contributed by atoms with van der Waals surface area (Å²) in [7, 11) is 0. The van der Waals surface area contributed by atoms with Crippen molar-refractivity contribution in [3.63, 3.8) is 0 Å². The molecule has 0 aliphatic heterocycles. The van der Waals surface area contributed by atoms with E-state index in [1.54, 1.807) is 17.0 Å². The Labute approximate surface area is 130 Å². The highest BCUT2D eigenvalue weighted by atomic mass is 79.9. The lowest BCUT2D eigenvalue weighted by molar-refractivity contribution is 0.361. The first kappa shape index (κ1) is 14.7. The fourth-order valence-electron chi connectivity index (χ4n) is 1.49. The Morgan fingerprint density at radius 1 is 1.60 bits per heavy atom. The Balaban J connectivity index is 2.20. The van der Waals surface area contributed by atoms with E-state index in [2.05, 4.69) is 37.8 Å². The summed E-state index contributed by atoms with van der Waals surface area (Å²) in [4.78, 5) is 0. The van der Waals surface area contributed by atoms with E-state index in [0.717, 1.165) is 15.8 Å². The van der Waals surface area contributed by atoms with Crippen LogP contribution in [-0.2, 0) is 0 Å². The van der Waals surface area contributed by atoms with Gasteiger partial charge >= 0.3 is 0 Å². The Morgan fingerprint density at radius 3 is 3.00 bits per heavy atom. The summed E-state index contributed by atoms with van der Waals surface area (Å²) in [5.74, 6) is 1.47. The zero-order valence-electron chi connectivity index (χ0n) is 10.8. The van der Waals surface area contributed by atoms with Crippen molar-refractivity contribution in [2.45, 2.75) is 6.92 Å². The van der Waals surface area contributed by atoms with Crippen molar-refractivity contribution < 1.29 is 4.74 Å². The van der Waals surface area contributed by atoms with E-state index < -0.39 is 0 Å². The van der Waals surface area contributed by atoms with E-state index in [-0.39, 0.29) is 0 Å². The van der Waals surface area contributed by atoms with E-state index in [4.69, 9.17) is 17.0 Å². The Morgan fingerprint density at radius 2 is 2.40 bits per heavy atom. The fourth-order valence-corrected chi connectivity index (χ4v) is 2.23. The number of ether oxygens (including phenoxy) is 1. The maximum atomic E-state index is 5.48. The second-order valence-corrected chi connectivity index (χ2v) is 5.16. The summed E-state index contributed by atoms with van der Waals surface area (Å²) in [6.45, 7) is 5.91. The third kappa shape index (κ3) is 3.43. The van der Waals surface area contributed by atoms with Crippen LogP contribution >= 0.6 is 28.1 Å². The van der Waals surface area contributed by atoms with Crippen molar-refractivity contribution in [3.8, 4) is 5.75 Å². The number of nitrogens with zero attached hydrogens (tertiary/aromatic N) is 3. The summed E-state index contributed by atoms with van der Waals surface area (Å²) in [6.07, 6.45) is 3.41. The van der Waals surface area contributed by atoms with E-state index >= 15 is 0 Å². The summed E-state index contributed by atoms with van der Waals surface area (Å²) < 4.78 is 8.36. The minimum atomic E-state index is 0.462. The minimum absolute atomic E-state index is 0.462. The lowest BCUT2D eigenvalue weighted by atomic mass is 10.2. The molecule has 7 heteroatoms. The number of aromatic amines is 1. The summed E-state index contributed by atoms with van der Waals surface area (Å²) in [5.41, 5.74) is 0.922. The molecule has 104 valence electrons. The van der Waals surface area contributed by atoms with Crippen molar-refractivity contribution in [1.82, 2.24) is 14.9 Å². The molecule has 2 aromatic rings. The molecular formula is C13H13BrN4OS. The van der Waals surface area contributed by atoms with Gasteiger partial charge < -0.3 is 4.74 Å². The first-order chi connectivity index (χ1) is 9.61. The van der Waals surface area contributed by atoms with Crippen LogP contribution in [-0.4, -0.2) is 27.7 Å². The molecule has 1 aromatic carbocycles. The zero-order valence-corrected chi connectivity index (χ0v) is 13.2. The third-order valence-corrected chi connectivity index (χ3v) is 3.33. The van der Waals surface area contributed by atoms with Crippen LogP contribution in [0.3, 0.4) is 0 Å². The van der Waals surface area contributed by atoms with Gasteiger partial charge in [0, 0.05) is 0 Å². The van der Waals surface area contributed by atoms with Gasteiger partial charge in [0.15, 0.2) is 0 Å². The van der Waals surface area contributed by atoms with Gasteiger partial charge in [-0.05, 0) is 58.8 Å². The summed E-state index contributed by atoms with van der Waals surface area (Å²) in [5, 5.41) is 11.0. The highest BCUT2D eigenvalue weighted by Gasteiger charge is 2.02. The number of benzene rings is 1. The van der Waals surface area contributed by atoms with E-state index in [9.17, 15) is 0 Å². The van der Waals surface area contributed by atoms with Gasteiger partial charge in [0.1, 0.15) is 18.2 Å². The molecule has 1 heterocycles. The van der Waals surface area contributed by atoms with Gasteiger partial charge in [0.25, 0.3) is 0 Å². The van der Waals surface area contributed by atoms with Crippen LogP contribution in [0.1, 0.15) is 11.4 Å². The third-order valence-electron chi connectivity index (χ3n) is 2.45. The molecule has 0 saturated carbocycles. The normalized spacial score (nSPS) is 10.9. The average Bonchev–Trinajstić information content (AvgIpc) is 2.75. The van der Waals surface area contributed by atoms with Gasteiger partial charge in [0.05, 0.1) is 10.7 Å². The molecule has 0 atom stereocenters. The van der Waals surface area contributed by atoms with Gasteiger partial charge in [-0.3, -0.25) is 5.10 Å².